The number of carbonyl (C=O) groups is 1. The van der Waals surface area contributed by atoms with Crippen LogP contribution in [0.5, 0.6) is 5.75 Å². The molecule has 0 aromatic heterocycles. The minimum absolute atomic E-state index is 0.382. The van der Waals surface area contributed by atoms with Crippen LogP contribution in [-0.4, -0.2) is 18.2 Å². The zero-order valence-electron chi connectivity index (χ0n) is 11.7. The van der Waals surface area contributed by atoms with Gasteiger partial charge >= 0.3 is 5.97 Å². The molecular formula is C16H22O3. The third-order valence-electron chi connectivity index (χ3n) is 4.08. The first kappa shape index (κ1) is 13.9. The lowest BCUT2D eigenvalue weighted by Gasteiger charge is -2.16. The zero-order valence-corrected chi connectivity index (χ0v) is 11.7. The summed E-state index contributed by atoms with van der Waals surface area (Å²) in [5.41, 5.74) is 2.35. The van der Waals surface area contributed by atoms with E-state index in [1.165, 1.54) is 31.2 Å². The van der Waals surface area contributed by atoms with Crippen molar-refractivity contribution in [2.45, 2.75) is 44.9 Å². The second kappa shape index (κ2) is 6.09. The number of rotatable bonds is 5. The number of ether oxygens (including phenoxy) is 1. The van der Waals surface area contributed by atoms with Crippen LogP contribution in [0.1, 0.15) is 49.7 Å². The van der Waals surface area contributed by atoms with Crippen LogP contribution in [-0.2, 0) is 11.2 Å². The number of benzene rings is 1. The predicted molar refractivity (Wildman–Crippen MR) is 74.7 cm³/mol. The molecule has 104 valence electrons. The van der Waals surface area contributed by atoms with Gasteiger partial charge in [0.15, 0.2) is 0 Å². The summed E-state index contributed by atoms with van der Waals surface area (Å²) in [6, 6.07) is 6.26. The lowest BCUT2D eigenvalue weighted by Crippen LogP contribution is -2.13. The van der Waals surface area contributed by atoms with Crippen molar-refractivity contribution in [3.05, 3.63) is 29.3 Å². The maximum atomic E-state index is 11.0. The first-order valence-electron chi connectivity index (χ1n) is 7.01. The Bertz CT molecular complexity index is 447. The SMILES string of the molecule is COc1ccc(C2CCCC2)cc1CC(C)C(=O)O. The molecule has 0 saturated heterocycles. The van der Waals surface area contributed by atoms with Gasteiger partial charge in [0.05, 0.1) is 13.0 Å². The third-order valence-corrected chi connectivity index (χ3v) is 4.08. The summed E-state index contributed by atoms with van der Waals surface area (Å²) in [5, 5.41) is 9.05. The molecule has 0 spiro atoms. The van der Waals surface area contributed by atoms with E-state index in [1.807, 2.05) is 6.07 Å². The molecule has 0 heterocycles. The standard InChI is InChI=1S/C16H22O3/c1-11(16(17)18)9-14-10-13(7-8-15(14)19-2)12-5-3-4-6-12/h7-8,10-12H,3-6,9H2,1-2H3,(H,17,18). The summed E-state index contributed by atoms with van der Waals surface area (Å²) >= 11 is 0. The Morgan fingerprint density at radius 3 is 2.68 bits per heavy atom. The van der Waals surface area contributed by atoms with Crippen molar-refractivity contribution >= 4 is 5.97 Å². The molecule has 1 aliphatic carbocycles. The van der Waals surface area contributed by atoms with E-state index in [-0.39, 0.29) is 5.92 Å². The van der Waals surface area contributed by atoms with Crippen LogP contribution in [0.25, 0.3) is 0 Å². The van der Waals surface area contributed by atoms with E-state index in [4.69, 9.17) is 9.84 Å². The van der Waals surface area contributed by atoms with Crippen LogP contribution in [0, 0.1) is 5.92 Å². The second-order valence-electron chi connectivity index (χ2n) is 5.50. The maximum absolute atomic E-state index is 11.0. The van der Waals surface area contributed by atoms with Gasteiger partial charge in [-0.15, -0.1) is 0 Å². The Balaban J connectivity index is 2.22. The number of carboxylic acids is 1. The normalized spacial score (nSPS) is 17.4. The van der Waals surface area contributed by atoms with Crippen LogP contribution < -0.4 is 4.74 Å². The monoisotopic (exact) mass is 262 g/mol. The van der Waals surface area contributed by atoms with Crippen molar-refractivity contribution in [1.82, 2.24) is 0 Å². The molecule has 1 aromatic carbocycles. The summed E-state index contributed by atoms with van der Waals surface area (Å²) in [5.74, 6) is 0.306. The van der Waals surface area contributed by atoms with Crippen LogP contribution >= 0.6 is 0 Å². The summed E-state index contributed by atoms with van der Waals surface area (Å²) < 4.78 is 5.35. The molecule has 3 heteroatoms. The molecule has 1 aromatic rings. The van der Waals surface area contributed by atoms with Gasteiger partial charge in [0.2, 0.25) is 0 Å². The van der Waals surface area contributed by atoms with Gasteiger partial charge < -0.3 is 9.84 Å². The quantitative estimate of drug-likeness (QED) is 0.881. The predicted octanol–water partition coefficient (Wildman–Crippen LogP) is 3.62. The molecule has 1 atom stereocenters. The van der Waals surface area contributed by atoms with Crippen molar-refractivity contribution in [2.75, 3.05) is 7.11 Å². The van der Waals surface area contributed by atoms with Gasteiger partial charge in [0, 0.05) is 0 Å². The second-order valence-corrected chi connectivity index (χ2v) is 5.50. The smallest absolute Gasteiger partial charge is 0.306 e. The van der Waals surface area contributed by atoms with Gasteiger partial charge in [-0.05, 0) is 42.4 Å². The van der Waals surface area contributed by atoms with Crippen molar-refractivity contribution in [2.24, 2.45) is 5.92 Å². The van der Waals surface area contributed by atoms with Crippen molar-refractivity contribution in [1.29, 1.82) is 0 Å². The summed E-state index contributed by atoms with van der Waals surface area (Å²) in [7, 11) is 1.64. The molecule has 1 fully saturated rings. The largest absolute Gasteiger partial charge is 0.496 e. The van der Waals surface area contributed by atoms with E-state index in [0.29, 0.717) is 12.3 Å². The highest BCUT2D eigenvalue weighted by atomic mass is 16.5. The number of methoxy groups -OCH3 is 1. The van der Waals surface area contributed by atoms with Gasteiger partial charge in [-0.3, -0.25) is 4.79 Å². The van der Waals surface area contributed by atoms with E-state index in [2.05, 4.69) is 12.1 Å². The minimum Gasteiger partial charge on any atom is -0.496 e. The topological polar surface area (TPSA) is 46.5 Å². The maximum Gasteiger partial charge on any atom is 0.306 e. The molecule has 1 N–H and O–H groups in total. The Morgan fingerprint density at radius 1 is 1.42 bits per heavy atom. The van der Waals surface area contributed by atoms with Crippen LogP contribution in [0.4, 0.5) is 0 Å². The van der Waals surface area contributed by atoms with E-state index >= 15 is 0 Å². The fourth-order valence-corrected chi connectivity index (χ4v) is 2.89. The summed E-state index contributed by atoms with van der Waals surface area (Å²) in [6.45, 7) is 1.74. The molecule has 1 unspecified atom stereocenters. The van der Waals surface area contributed by atoms with Gasteiger partial charge in [0.25, 0.3) is 0 Å². The fourth-order valence-electron chi connectivity index (χ4n) is 2.89. The van der Waals surface area contributed by atoms with E-state index in [0.717, 1.165) is 11.3 Å². The molecule has 0 radical (unpaired) electrons. The van der Waals surface area contributed by atoms with Gasteiger partial charge in [-0.2, -0.15) is 0 Å². The van der Waals surface area contributed by atoms with Crippen LogP contribution in [0.2, 0.25) is 0 Å². The molecular weight excluding hydrogens is 240 g/mol. The van der Waals surface area contributed by atoms with Gasteiger partial charge in [-0.1, -0.05) is 31.9 Å². The van der Waals surface area contributed by atoms with Gasteiger partial charge in [-0.25, -0.2) is 0 Å². The Labute approximate surface area is 114 Å². The zero-order chi connectivity index (χ0) is 13.8. The number of carboxylic acid groups (broad SMARTS) is 1. The highest BCUT2D eigenvalue weighted by Crippen LogP contribution is 2.36. The minimum atomic E-state index is -0.756. The highest BCUT2D eigenvalue weighted by Gasteiger charge is 2.20. The lowest BCUT2D eigenvalue weighted by atomic mass is 9.92. The van der Waals surface area contributed by atoms with E-state index in [9.17, 15) is 4.79 Å². The van der Waals surface area contributed by atoms with Crippen LogP contribution in [0.15, 0.2) is 18.2 Å². The van der Waals surface area contributed by atoms with Gasteiger partial charge in [0.1, 0.15) is 5.75 Å². The first-order chi connectivity index (χ1) is 9.11. The molecule has 1 aliphatic rings. The average molecular weight is 262 g/mol. The number of aliphatic carboxylic acids is 1. The Kier molecular flexibility index (Phi) is 4.46. The summed E-state index contributed by atoms with van der Waals surface area (Å²) in [4.78, 5) is 11.0. The van der Waals surface area contributed by atoms with E-state index in [1.54, 1.807) is 14.0 Å². The molecule has 1 saturated carbocycles. The molecule has 19 heavy (non-hydrogen) atoms. The third kappa shape index (κ3) is 3.28. The van der Waals surface area contributed by atoms with Crippen LogP contribution in [0.3, 0.4) is 0 Å². The molecule has 0 amide bonds. The number of hydrogen-bond donors (Lipinski definition) is 1. The average Bonchev–Trinajstić information content (AvgIpc) is 2.92. The lowest BCUT2D eigenvalue weighted by molar-refractivity contribution is -0.141. The fraction of sp³-hybridized carbons (Fsp3) is 0.562. The van der Waals surface area contributed by atoms with Crippen molar-refractivity contribution < 1.29 is 14.6 Å². The summed E-state index contributed by atoms with van der Waals surface area (Å²) in [6.07, 6.45) is 5.63. The highest BCUT2D eigenvalue weighted by molar-refractivity contribution is 5.70. The molecule has 3 nitrogen and oxygen atoms in total. The first-order valence-corrected chi connectivity index (χ1v) is 7.01. The molecule has 0 aliphatic heterocycles. The Morgan fingerprint density at radius 2 is 2.11 bits per heavy atom. The van der Waals surface area contributed by atoms with Crippen molar-refractivity contribution in [3.8, 4) is 5.75 Å². The molecule has 0 bridgehead atoms. The Hall–Kier alpha value is -1.51. The van der Waals surface area contributed by atoms with Crippen molar-refractivity contribution in [3.63, 3.8) is 0 Å². The van der Waals surface area contributed by atoms with E-state index < -0.39 is 5.97 Å². The molecule has 2 rings (SSSR count). The number of hydrogen-bond acceptors (Lipinski definition) is 2.